The van der Waals surface area contributed by atoms with Crippen LogP contribution in [0.25, 0.3) is 0 Å². The van der Waals surface area contributed by atoms with Crippen LogP contribution in [0.5, 0.6) is 0 Å². The lowest BCUT2D eigenvalue weighted by molar-refractivity contribution is 0.145. The lowest BCUT2D eigenvalue weighted by atomic mass is 10.3. The largest absolute Gasteiger partial charge is 0.382 e. The molecule has 0 fully saturated rings. The van der Waals surface area contributed by atoms with E-state index >= 15 is 0 Å². The Morgan fingerprint density at radius 1 is 1.19 bits per heavy atom. The summed E-state index contributed by atoms with van der Waals surface area (Å²) < 4.78 is 28.5. The van der Waals surface area contributed by atoms with Gasteiger partial charge in [-0.2, -0.15) is 0 Å². The second kappa shape index (κ2) is 8.63. The van der Waals surface area contributed by atoms with Crippen LogP contribution in [-0.4, -0.2) is 40.0 Å². The van der Waals surface area contributed by atoms with Crippen molar-refractivity contribution in [3.05, 3.63) is 24.3 Å². The summed E-state index contributed by atoms with van der Waals surface area (Å²) in [6.07, 6.45) is 0.745. The van der Waals surface area contributed by atoms with Crippen molar-refractivity contribution >= 4 is 21.6 Å². The summed E-state index contributed by atoms with van der Waals surface area (Å²) >= 11 is 0. The van der Waals surface area contributed by atoms with Crippen molar-refractivity contribution in [2.24, 2.45) is 0 Å². The highest BCUT2D eigenvalue weighted by Gasteiger charge is 2.11. The van der Waals surface area contributed by atoms with Gasteiger partial charge in [0.25, 0.3) is 0 Å². The molecule has 0 aromatic heterocycles. The van der Waals surface area contributed by atoms with Crippen molar-refractivity contribution in [2.75, 3.05) is 30.8 Å². The Kier molecular flexibility index (Phi) is 7.18. The van der Waals surface area contributed by atoms with Crippen molar-refractivity contribution in [1.29, 1.82) is 0 Å². The molecule has 0 bridgehead atoms. The first-order valence-corrected chi connectivity index (χ1v) is 8.60. The highest BCUT2D eigenvalue weighted by molar-refractivity contribution is 7.91. The monoisotopic (exact) mass is 314 g/mol. The van der Waals surface area contributed by atoms with E-state index in [1.165, 1.54) is 12.1 Å². The average molecular weight is 314 g/mol. The first kappa shape index (κ1) is 17.5. The molecule has 0 radical (unpaired) electrons. The van der Waals surface area contributed by atoms with Crippen LogP contribution in [0.2, 0.25) is 0 Å². The van der Waals surface area contributed by atoms with E-state index in [-0.39, 0.29) is 16.7 Å². The number of benzene rings is 1. The summed E-state index contributed by atoms with van der Waals surface area (Å²) in [4.78, 5) is 11.9. The lowest BCUT2D eigenvalue weighted by Crippen LogP contribution is -2.30. The van der Waals surface area contributed by atoms with E-state index in [1.807, 2.05) is 6.92 Å². The summed E-state index contributed by atoms with van der Waals surface area (Å²) in [5.74, 6) is 0.0556. The molecule has 1 aromatic carbocycles. The second-order valence-electron chi connectivity index (χ2n) is 4.36. The maximum Gasteiger partial charge on any atom is 0.319 e. The zero-order valence-corrected chi connectivity index (χ0v) is 13.2. The van der Waals surface area contributed by atoms with Crippen molar-refractivity contribution in [3.8, 4) is 0 Å². The Morgan fingerprint density at radius 2 is 1.86 bits per heavy atom. The first-order valence-electron chi connectivity index (χ1n) is 6.95. The molecule has 0 aliphatic heterocycles. The van der Waals surface area contributed by atoms with Gasteiger partial charge in [-0.3, -0.25) is 0 Å². The van der Waals surface area contributed by atoms with Gasteiger partial charge in [-0.05, 0) is 37.6 Å². The minimum atomic E-state index is -3.21. The molecular weight excluding hydrogens is 292 g/mol. The highest BCUT2D eigenvalue weighted by Crippen LogP contribution is 2.15. The number of rotatable bonds is 8. The maximum absolute atomic E-state index is 11.7. The molecule has 0 saturated carbocycles. The van der Waals surface area contributed by atoms with E-state index in [0.717, 1.165) is 6.42 Å². The third-order valence-corrected chi connectivity index (χ3v) is 4.56. The van der Waals surface area contributed by atoms with Crippen LogP contribution in [0.15, 0.2) is 29.2 Å². The fourth-order valence-electron chi connectivity index (χ4n) is 1.61. The third kappa shape index (κ3) is 6.14. The zero-order valence-electron chi connectivity index (χ0n) is 12.4. The average Bonchev–Trinajstić information content (AvgIpc) is 2.47. The number of carbonyl (C=O) groups is 1. The number of nitrogens with one attached hydrogen (secondary N) is 2. The Morgan fingerprint density at radius 3 is 2.43 bits per heavy atom. The number of sulfone groups is 1. The van der Waals surface area contributed by atoms with Gasteiger partial charge in [-0.1, -0.05) is 6.92 Å². The smallest absolute Gasteiger partial charge is 0.319 e. The summed E-state index contributed by atoms with van der Waals surface area (Å²) in [6.45, 7) is 5.31. The number of anilines is 1. The predicted molar refractivity (Wildman–Crippen MR) is 82.3 cm³/mol. The SMILES string of the molecule is CCOCCCNC(=O)Nc1ccc(S(=O)(=O)CC)cc1. The first-order chi connectivity index (χ1) is 9.99. The number of hydrogen-bond donors (Lipinski definition) is 2. The van der Waals surface area contributed by atoms with Crippen LogP contribution < -0.4 is 10.6 Å². The zero-order chi connectivity index (χ0) is 15.7. The highest BCUT2D eigenvalue weighted by atomic mass is 32.2. The number of hydrogen-bond acceptors (Lipinski definition) is 4. The molecular formula is C14H22N2O4S. The van der Waals surface area contributed by atoms with Crippen LogP contribution in [0.4, 0.5) is 10.5 Å². The minimum absolute atomic E-state index is 0.0556. The van der Waals surface area contributed by atoms with Gasteiger partial charge < -0.3 is 15.4 Å². The minimum Gasteiger partial charge on any atom is -0.382 e. The van der Waals surface area contributed by atoms with E-state index in [1.54, 1.807) is 19.1 Å². The van der Waals surface area contributed by atoms with Gasteiger partial charge in [0.15, 0.2) is 9.84 Å². The van der Waals surface area contributed by atoms with Crippen LogP contribution >= 0.6 is 0 Å². The van der Waals surface area contributed by atoms with E-state index in [9.17, 15) is 13.2 Å². The number of urea groups is 1. The van der Waals surface area contributed by atoms with Gasteiger partial charge in [0.05, 0.1) is 10.6 Å². The molecule has 6 nitrogen and oxygen atoms in total. The van der Waals surface area contributed by atoms with Crippen LogP contribution in [0.1, 0.15) is 20.3 Å². The van der Waals surface area contributed by atoms with E-state index in [4.69, 9.17) is 4.74 Å². The van der Waals surface area contributed by atoms with E-state index in [2.05, 4.69) is 10.6 Å². The van der Waals surface area contributed by atoms with Crippen LogP contribution in [-0.2, 0) is 14.6 Å². The fourth-order valence-corrected chi connectivity index (χ4v) is 2.49. The van der Waals surface area contributed by atoms with Gasteiger partial charge >= 0.3 is 6.03 Å². The van der Waals surface area contributed by atoms with Crippen molar-refractivity contribution in [3.63, 3.8) is 0 Å². The number of carbonyl (C=O) groups excluding carboxylic acids is 1. The number of amides is 2. The van der Waals surface area contributed by atoms with Crippen molar-refractivity contribution < 1.29 is 17.9 Å². The molecule has 0 aliphatic carbocycles. The summed E-state index contributed by atoms with van der Waals surface area (Å²) in [7, 11) is -3.21. The molecule has 0 unspecified atom stereocenters. The second-order valence-corrected chi connectivity index (χ2v) is 6.64. The van der Waals surface area contributed by atoms with Crippen LogP contribution in [0, 0.1) is 0 Å². The van der Waals surface area contributed by atoms with Gasteiger partial charge in [0, 0.05) is 25.4 Å². The van der Waals surface area contributed by atoms with Gasteiger partial charge in [0.1, 0.15) is 0 Å². The molecule has 118 valence electrons. The molecule has 0 atom stereocenters. The van der Waals surface area contributed by atoms with Gasteiger partial charge in [-0.25, -0.2) is 13.2 Å². The predicted octanol–water partition coefficient (Wildman–Crippen LogP) is 2.03. The Bertz CT molecular complexity index is 541. The molecule has 7 heteroatoms. The van der Waals surface area contributed by atoms with E-state index < -0.39 is 9.84 Å². The molecule has 1 aromatic rings. The fraction of sp³-hybridized carbons (Fsp3) is 0.500. The third-order valence-electron chi connectivity index (χ3n) is 2.81. The summed E-state index contributed by atoms with van der Waals surface area (Å²) in [6, 6.07) is 5.80. The Balaban J connectivity index is 2.43. The van der Waals surface area contributed by atoms with E-state index in [0.29, 0.717) is 25.4 Å². The number of ether oxygens (including phenoxy) is 1. The molecule has 0 spiro atoms. The molecule has 2 N–H and O–H groups in total. The van der Waals surface area contributed by atoms with Crippen LogP contribution in [0.3, 0.4) is 0 Å². The van der Waals surface area contributed by atoms with Gasteiger partial charge in [0.2, 0.25) is 0 Å². The Hall–Kier alpha value is -1.60. The summed E-state index contributed by atoms with van der Waals surface area (Å²) in [5.41, 5.74) is 0.548. The topological polar surface area (TPSA) is 84.5 Å². The quantitative estimate of drug-likeness (QED) is 0.719. The standard InChI is InChI=1S/C14H22N2O4S/c1-3-20-11-5-10-15-14(17)16-12-6-8-13(9-7-12)21(18,19)4-2/h6-9H,3-5,10-11H2,1-2H3,(H2,15,16,17). The Labute approximate surface area is 125 Å². The normalized spacial score (nSPS) is 11.1. The molecule has 21 heavy (non-hydrogen) atoms. The summed E-state index contributed by atoms with van der Waals surface area (Å²) in [5, 5.41) is 5.34. The molecule has 0 aliphatic rings. The van der Waals surface area contributed by atoms with Crippen molar-refractivity contribution in [2.45, 2.75) is 25.2 Å². The lowest BCUT2D eigenvalue weighted by Gasteiger charge is -2.08. The maximum atomic E-state index is 11.7. The molecule has 0 heterocycles. The molecule has 2 amide bonds. The molecule has 0 saturated heterocycles. The van der Waals surface area contributed by atoms with Gasteiger partial charge in [-0.15, -0.1) is 0 Å². The van der Waals surface area contributed by atoms with Crippen molar-refractivity contribution in [1.82, 2.24) is 5.32 Å². The molecule has 1 rings (SSSR count).